The van der Waals surface area contributed by atoms with Gasteiger partial charge in [0.25, 0.3) is 5.91 Å². The van der Waals surface area contributed by atoms with Crippen molar-refractivity contribution in [2.75, 3.05) is 6.54 Å². The van der Waals surface area contributed by atoms with Crippen LogP contribution in [0.3, 0.4) is 0 Å². The zero-order valence-electron chi connectivity index (χ0n) is 12.6. The zero-order chi connectivity index (χ0) is 16.2. The predicted molar refractivity (Wildman–Crippen MR) is 86.9 cm³/mol. The van der Waals surface area contributed by atoms with Gasteiger partial charge in [0.1, 0.15) is 0 Å². The Kier molecular flexibility index (Phi) is 4.05. The molecule has 0 radical (unpaired) electrons. The van der Waals surface area contributed by atoms with Crippen molar-refractivity contribution in [3.8, 4) is 0 Å². The van der Waals surface area contributed by atoms with Gasteiger partial charge < -0.3 is 0 Å². The van der Waals surface area contributed by atoms with E-state index < -0.39 is 6.03 Å². The van der Waals surface area contributed by atoms with Crippen molar-refractivity contribution < 1.29 is 9.59 Å². The van der Waals surface area contributed by atoms with E-state index in [0.29, 0.717) is 11.3 Å². The van der Waals surface area contributed by atoms with Crippen LogP contribution in [0.15, 0.2) is 59.7 Å². The van der Waals surface area contributed by atoms with E-state index in [-0.39, 0.29) is 12.5 Å². The number of amides is 3. The summed E-state index contributed by atoms with van der Waals surface area (Å²) in [5.41, 5.74) is 8.14. The highest BCUT2D eigenvalue weighted by Gasteiger charge is 2.23. The van der Waals surface area contributed by atoms with Crippen molar-refractivity contribution in [3.63, 3.8) is 0 Å². The van der Waals surface area contributed by atoms with Crippen molar-refractivity contribution in [3.05, 3.63) is 71.3 Å². The van der Waals surface area contributed by atoms with E-state index in [1.165, 1.54) is 5.01 Å². The normalized spacial score (nSPS) is 14.0. The first kappa shape index (κ1) is 14.8. The molecule has 6 heteroatoms. The number of hydrogen-bond acceptors (Lipinski definition) is 3. The van der Waals surface area contributed by atoms with Crippen LogP contribution in [0.4, 0.5) is 4.79 Å². The molecule has 1 aliphatic heterocycles. The molecule has 2 aromatic carbocycles. The molecule has 2 N–H and O–H groups in total. The van der Waals surface area contributed by atoms with Gasteiger partial charge in [0.15, 0.2) is 0 Å². The van der Waals surface area contributed by atoms with Crippen molar-refractivity contribution in [1.29, 1.82) is 0 Å². The molecule has 0 spiro atoms. The highest BCUT2D eigenvalue weighted by atomic mass is 16.2. The summed E-state index contributed by atoms with van der Waals surface area (Å²) in [5.74, 6) is -0.338. The number of hydrazine groups is 1. The van der Waals surface area contributed by atoms with Gasteiger partial charge in [0.2, 0.25) is 0 Å². The third-order valence-electron chi connectivity index (χ3n) is 3.50. The monoisotopic (exact) mass is 308 g/mol. The summed E-state index contributed by atoms with van der Waals surface area (Å²) in [7, 11) is 0. The molecule has 0 saturated heterocycles. The second kappa shape index (κ2) is 6.31. The quantitative estimate of drug-likeness (QED) is 0.911. The minimum atomic E-state index is -0.467. The largest absolute Gasteiger partial charge is 0.356 e. The number of nitrogens with zero attached hydrogens (tertiary/aromatic N) is 2. The van der Waals surface area contributed by atoms with Crippen LogP contribution in [0.5, 0.6) is 0 Å². The lowest BCUT2D eigenvalue weighted by molar-refractivity contribution is 0.0839. The number of rotatable bonds is 3. The number of nitrogens with one attached hydrogen (secondary N) is 2. The molecule has 6 nitrogen and oxygen atoms in total. The van der Waals surface area contributed by atoms with Gasteiger partial charge in [-0.3, -0.25) is 10.2 Å². The SMILES string of the molecule is Cc1ccc(C(=O)NN2CC(c3ccccc3)=NNC2=O)cc1. The fourth-order valence-electron chi connectivity index (χ4n) is 2.20. The number of urea groups is 1. The molecule has 0 aromatic heterocycles. The van der Waals surface area contributed by atoms with Crippen LogP contribution >= 0.6 is 0 Å². The lowest BCUT2D eigenvalue weighted by Crippen LogP contribution is -2.54. The van der Waals surface area contributed by atoms with Gasteiger partial charge in [-0.15, -0.1) is 0 Å². The van der Waals surface area contributed by atoms with Crippen molar-refractivity contribution in [2.45, 2.75) is 6.92 Å². The molecule has 1 heterocycles. The molecule has 1 aliphatic rings. The lowest BCUT2D eigenvalue weighted by Gasteiger charge is -2.27. The molecule has 3 amide bonds. The maximum atomic E-state index is 12.2. The van der Waals surface area contributed by atoms with Crippen LogP contribution in [-0.4, -0.2) is 29.2 Å². The van der Waals surface area contributed by atoms with E-state index >= 15 is 0 Å². The first-order valence-corrected chi connectivity index (χ1v) is 7.20. The highest BCUT2D eigenvalue weighted by molar-refractivity contribution is 6.06. The van der Waals surface area contributed by atoms with E-state index in [4.69, 9.17) is 0 Å². The van der Waals surface area contributed by atoms with E-state index in [1.807, 2.05) is 49.4 Å². The van der Waals surface area contributed by atoms with E-state index in [1.54, 1.807) is 12.1 Å². The molecular weight excluding hydrogens is 292 g/mol. The van der Waals surface area contributed by atoms with Gasteiger partial charge >= 0.3 is 6.03 Å². The average Bonchev–Trinajstić information content (AvgIpc) is 2.58. The molecule has 0 atom stereocenters. The number of carbonyl (C=O) groups excluding carboxylic acids is 2. The van der Waals surface area contributed by atoms with E-state index in [0.717, 1.165) is 11.1 Å². The van der Waals surface area contributed by atoms with Crippen LogP contribution in [-0.2, 0) is 0 Å². The number of hydrazone groups is 1. The smallest absolute Gasteiger partial charge is 0.267 e. The Balaban J connectivity index is 1.73. The number of hydrogen-bond donors (Lipinski definition) is 2. The molecular formula is C17H16N4O2. The Morgan fingerprint density at radius 3 is 2.52 bits per heavy atom. The van der Waals surface area contributed by atoms with Gasteiger partial charge in [-0.05, 0) is 24.6 Å². The van der Waals surface area contributed by atoms with Gasteiger partial charge in [-0.1, -0.05) is 48.0 Å². The van der Waals surface area contributed by atoms with Crippen molar-refractivity contribution in [1.82, 2.24) is 15.9 Å². The van der Waals surface area contributed by atoms with Gasteiger partial charge in [0.05, 0.1) is 12.3 Å². The summed E-state index contributed by atoms with van der Waals surface area (Å²) in [4.78, 5) is 24.1. The van der Waals surface area contributed by atoms with E-state index in [9.17, 15) is 9.59 Å². The predicted octanol–water partition coefficient (Wildman–Crippen LogP) is 2.07. The Labute approximate surface area is 133 Å². The van der Waals surface area contributed by atoms with Crippen LogP contribution in [0.2, 0.25) is 0 Å². The average molecular weight is 308 g/mol. The number of aryl methyl sites for hydroxylation is 1. The van der Waals surface area contributed by atoms with E-state index in [2.05, 4.69) is 16.0 Å². The van der Waals surface area contributed by atoms with Gasteiger partial charge in [-0.25, -0.2) is 15.2 Å². The molecule has 2 aromatic rings. The van der Waals surface area contributed by atoms with Crippen LogP contribution in [0, 0.1) is 6.92 Å². The fraction of sp³-hybridized carbons (Fsp3) is 0.118. The van der Waals surface area contributed by atoms with Crippen LogP contribution in [0.25, 0.3) is 0 Å². The molecule has 0 aliphatic carbocycles. The summed E-state index contributed by atoms with van der Waals surface area (Å²) in [6.07, 6.45) is 0. The fourth-order valence-corrected chi connectivity index (χ4v) is 2.20. The van der Waals surface area contributed by atoms with Crippen LogP contribution < -0.4 is 10.9 Å². The molecule has 0 bridgehead atoms. The number of carbonyl (C=O) groups is 2. The van der Waals surface area contributed by atoms with Crippen molar-refractivity contribution in [2.24, 2.45) is 5.10 Å². The lowest BCUT2D eigenvalue weighted by atomic mass is 10.1. The third-order valence-corrected chi connectivity index (χ3v) is 3.50. The summed E-state index contributed by atoms with van der Waals surface area (Å²) >= 11 is 0. The zero-order valence-corrected chi connectivity index (χ0v) is 12.6. The second-order valence-electron chi connectivity index (χ2n) is 5.23. The van der Waals surface area contributed by atoms with Crippen LogP contribution in [0.1, 0.15) is 21.5 Å². The Bertz CT molecular complexity index is 754. The maximum absolute atomic E-state index is 12.2. The Hall–Kier alpha value is -3.15. The first-order chi connectivity index (χ1) is 11.1. The Morgan fingerprint density at radius 2 is 1.83 bits per heavy atom. The first-order valence-electron chi connectivity index (χ1n) is 7.20. The molecule has 3 rings (SSSR count). The summed E-state index contributed by atoms with van der Waals surface area (Å²) in [5, 5.41) is 5.27. The molecule has 116 valence electrons. The summed E-state index contributed by atoms with van der Waals surface area (Å²) in [6.45, 7) is 2.15. The second-order valence-corrected chi connectivity index (χ2v) is 5.23. The number of benzene rings is 2. The molecule has 0 unspecified atom stereocenters. The Morgan fingerprint density at radius 1 is 1.13 bits per heavy atom. The maximum Gasteiger partial charge on any atom is 0.356 e. The minimum Gasteiger partial charge on any atom is -0.267 e. The van der Waals surface area contributed by atoms with Gasteiger partial charge in [0, 0.05) is 5.56 Å². The molecule has 0 fully saturated rings. The summed E-state index contributed by atoms with van der Waals surface area (Å²) < 4.78 is 0. The van der Waals surface area contributed by atoms with Crippen molar-refractivity contribution >= 4 is 17.6 Å². The molecule has 23 heavy (non-hydrogen) atoms. The molecule has 0 saturated carbocycles. The highest BCUT2D eigenvalue weighted by Crippen LogP contribution is 2.07. The topological polar surface area (TPSA) is 73.8 Å². The third kappa shape index (κ3) is 3.37. The minimum absolute atomic E-state index is 0.202. The van der Waals surface area contributed by atoms with Gasteiger partial charge in [-0.2, -0.15) is 5.10 Å². The summed E-state index contributed by atoms with van der Waals surface area (Å²) in [6, 6.07) is 16.2. The standard InChI is InChI=1S/C17H16N4O2/c1-12-7-9-14(10-8-12)16(22)20-21-11-15(18-19-17(21)23)13-5-3-2-4-6-13/h2-10H,11H2,1H3,(H,19,23)(H,20,22).